The minimum Gasteiger partial charge on any atom is -0.372 e. The lowest BCUT2D eigenvalue weighted by Crippen LogP contribution is -2.37. The zero-order valence-electron chi connectivity index (χ0n) is 12.0. The number of nitrogens with two attached hydrogens (primary N) is 1. The van der Waals surface area contributed by atoms with E-state index >= 15 is 0 Å². The van der Waals surface area contributed by atoms with Gasteiger partial charge in [0.05, 0.1) is 0 Å². The van der Waals surface area contributed by atoms with Gasteiger partial charge >= 0.3 is 11.8 Å². The molecule has 0 radical (unpaired) electrons. The van der Waals surface area contributed by atoms with E-state index in [1.807, 2.05) is 12.1 Å². The Labute approximate surface area is 119 Å². The van der Waals surface area contributed by atoms with Crippen LogP contribution in [0, 0.1) is 0 Å². The van der Waals surface area contributed by atoms with Crippen LogP contribution in [0.3, 0.4) is 0 Å². The van der Waals surface area contributed by atoms with Crippen LogP contribution in [0.5, 0.6) is 0 Å². The van der Waals surface area contributed by atoms with Crippen LogP contribution in [0.4, 0.5) is 11.4 Å². The van der Waals surface area contributed by atoms with Crippen molar-refractivity contribution in [3.8, 4) is 0 Å². The fourth-order valence-electron chi connectivity index (χ4n) is 1.80. The molecule has 0 aliphatic carbocycles. The zero-order valence-corrected chi connectivity index (χ0v) is 12.0. The topological polar surface area (TPSA) is 87.5 Å². The van der Waals surface area contributed by atoms with Crippen LogP contribution in [0.15, 0.2) is 24.3 Å². The molecule has 0 aromatic heterocycles. The Balaban J connectivity index is 2.61. The van der Waals surface area contributed by atoms with E-state index in [0.717, 1.165) is 18.8 Å². The van der Waals surface area contributed by atoms with E-state index in [1.54, 1.807) is 12.1 Å². The standard InChI is InChI=1S/C14H22N4O2/c1-3-18(4-2)12-7-5-11(6-8-12)17-14(20)13(19)16-10-9-15/h5-8H,3-4,9-10,15H2,1-2H3,(H,16,19)(H,17,20). The first-order chi connectivity index (χ1) is 9.62. The van der Waals surface area contributed by atoms with Gasteiger partial charge in [0.15, 0.2) is 0 Å². The van der Waals surface area contributed by atoms with Crippen molar-refractivity contribution in [2.24, 2.45) is 5.73 Å². The summed E-state index contributed by atoms with van der Waals surface area (Å²) in [6.07, 6.45) is 0. The van der Waals surface area contributed by atoms with E-state index in [9.17, 15) is 9.59 Å². The predicted molar refractivity (Wildman–Crippen MR) is 80.7 cm³/mol. The highest BCUT2D eigenvalue weighted by molar-refractivity contribution is 6.39. The van der Waals surface area contributed by atoms with Gasteiger partial charge in [-0.25, -0.2) is 0 Å². The van der Waals surface area contributed by atoms with Crippen molar-refractivity contribution in [1.82, 2.24) is 5.32 Å². The number of hydrogen-bond acceptors (Lipinski definition) is 4. The van der Waals surface area contributed by atoms with Crippen LogP contribution in [-0.4, -0.2) is 38.0 Å². The molecule has 0 saturated carbocycles. The summed E-state index contributed by atoms with van der Waals surface area (Å²) in [5.74, 6) is -1.36. The number of hydrogen-bond donors (Lipinski definition) is 3. The molecule has 1 aromatic rings. The minimum atomic E-state index is -0.686. The maximum atomic E-state index is 11.6. The second-order valence-electron chi connectivity index (χ2n) is 4.22. The first-order valence-corrected chi connectivity index (χ1v) is 6.76. The molecule has 20 heavy (non-hydrogen) atoms. The lowest BCUT2D eigenvalue weighted by Gasteiger charge is -2.21. The number of carbonyl (C=O) groups is 2. The maximum absolute atomic E-state index is 11.6. The van der Waals surface area contributed by atoms with Crippen LogP contribution in [0.2, 0.25) is 0 Å². The highest BCUT2D eigenvalue weighted by atomic mass is 16.2. The smallest absolute Gasteiger partial charge is 0.313 e. The van der Waals surface area contributed by atoms with Gasteiger partial charge < -0.3 is 21.3 Å². The van der Waals surface area contributed by atoms with Crippen molar-refractivity contribution >= 4 is 23.2 Å². The number of amides is 2. The van der Waals surface area contributed by atoms with Crippen LogP contribution < -0.4 is 21.3 Å². The molecule has 0 fully saturated rings. The first kappa shape index (κ1) is 16.0. The van der Waals surface area contributed by atoms with E-state index in [1.165, 1.54) is 0 Å². The Bertz CT molecular complexity index is 441. The molecular weight excluding hydrogens is 256 g/mol. The Morgan fingerprint density at radius 2 is 1.70 bits per heavy atom. The first-order valence-electron chi connectivity index (χ1n) is 6.76. The van der Waals surface area contributed by atoms with Gasteiger partial charge in [-0.2, -0.15) is 0 Å². The number of benzene rings is 1. The number of nitrogens with one attached hydrogen (secondary N) is 2. The summed E-state index contributed by atoms with van der Waals surface area (Å²) in [7, 11) is 0. The quantitative estimate of drug-likeness (QED) is 0.663. The SMILES string of the molecule is CCN(CC)c1ccc(NC(=O)C(=O)NCCN)cc1. The Kier molecular flexibility index (Phi) is 6.52. The average molecular weight is 278 g/mol. The van der Waals surface area contributed by atoms with Gasteiger partial charge in [0.25, 0.3) is 0 Å². The summed E-state index contributed by atoms with van der Waals surface area (Å²) in [5.41, 5.74) is 6.93. The van der Waals surface area contributed by atoms with E-state index < -0.39 is 11.8 Å². The number of rotatable bonds is 6. The summed E-state index contributed by atoms with van der Waals surface area (Å²) in [6.45, 7) is 6.60. The molecule has 0 spiro atoms. The summed E-state index contributed by atoms with van der Waals surface area (Å²) in [6, 6.07) is 7.39. The van der Waals surface area contributed by atoms with Gasteiger partial charge in [-0.15, -0.1) is 0 Å². The Morgan fingerprint density at radius 3 is 2.20 bits per heavy atom. The summed E-state index contributed by atoms with van der Waals surface area (Å²) >= 11 is 0. The lowest BCUT2D eigenvalue weighted by molar-refractivity contribution is -0.136. The Hall–Kier alpha value is -2.08. The van der Waals surface area contributed by atoms with E-state index in [0.29, 0.717) is 12.2 Å². The third kappa shape index (κ3) is 4.55. The molecule has 0 aliphatic heterocycles. The van der Waals surface area contributed by atoms with Crippen molar-refractivity contribution in [1.29, 1.82) is 0 Å². The van der Waals surface area contributed by atoms with Crippen LogP contribution in [0.1, 0.15) is 13.8 Å². The second kappa shape index (κ2) is 8.16. The minimum absolute atomic E-state index is 0.285. The van der Waals surface area contributed by atoms with Gasteiger partial charge in [0.1, 0.15) is 0 Å². The van der Waals surface area contributed by atoms with Gasteiger partial charge in [0, 0.05) is 37.6 Å². The fourth-order valence-corrected chi connectivity index (χ4v) is 1.80. The molecule has 6 heteroatoms. The van der Waals surface area contributed by atoms with Crippen LogP contribution in [-0.2, 0) is 9.59 Å². The highest BCUT2D eigenvalue weighted by Crippen LogP contribution is 2.17. The van der Waals surface area contributed by atoms with Crippen LogP contribution in [0.25, 0.3) is 0 Å². The molecule has 4 N–H and O–H groups in total. The molecule has 0 unspecified atom stereocenters. The number of nitrogens with zero attached hydrogens (tertiary/aromatic N) is 1. The molecule has 1 aromatic carbocycles. The maximum Gasteiger partial charge on any atom is 0.313 e. The molecule has 0 saturated heterocycles. The second-order valence-corrected chi connectivity index (χ2v) is 4.22. The largest absolute Gasteiger partial charge is 0.372 e. The van der Waals surface area contributed by atoms with Gasteiger partial charge in [-0.05, 0) is 38.1 Å². The van der Waals surface area contributed by atoms with E-state index in [4.69, 9.17) is 5.73 Å². The van der Waals surface area contributed by atoms with Crippen LogP contribution >= 0.6 is 0 Å². The zero-order chi connectivity index (χ0) is 15.0. The molecule has 0 aliphatic rings. The van der Waals surface area contributed by atoms with Crippen molar-refractivity contribution in [3.05, 3.63) is 24.3 Å². The molecule has 0 heterocycles. The highest BCUT2D eigenvalue weighted by Gasteiger charge is 2.12. The molecule has 1 rings (SSSR count). The van der Waals surface area contributed by atoms with Crippen molar-refractivity contribution < 1.29 is 9.59 Å². The number of carbonyl (C=O) groups excluding carboxylic acids is 2. The third-order valence-corrected chi connectivity index (χ3v) is 2.89. The normalized spacial score (nSPS) is 9.95. The van der Waals surface area contributed by atoms with Crippen molar-refractivity contribution in [2.75, 3.05) is 36.4 Å². The molecule has 0 atom stereocenters. The lowest BCUT2D eigenvalue weighted by atomic mass is 10.2. The van der Waals surface area contributed by atoms with E-state index in [-0.39, 0.29) is 6.54 Å². The summed E-state index contributed by atoms with van der Waals surface area (Å²) in [5, 5.41) is 4.96. The fraction of sp³-hybridized carbons (Fsp3) is 0.429. The van der Waals surface area contributed by atoms with E-state index in [2.05, 4.69) is 29.4 Å². The summed E-state index contributed by atoms with van der Waals surface area (Å²) in [4.78, 5) is 25.2. The average Bonchev–Trinajstić information content (AvgIpc) is 2.47. The molecular formula is C14H22N4O2. The molecule has 110 valence electrons. The van der Waals surface area contributed by atoms with Crippen molar-refractivity contribution in [2.45, 2.75) is 13.8 Å². The Morgan fingerprint density at radius 1 is 1.10 bits per heavy atom. The third-order valence-electron chi connectivity index (χ3n) is 2.89. The van der Waals surface area contributed by atoms with Gasteiger partial charge in [-0.3, -0.25) is 9.59 Å². The monoisotopic (exact) mass is 278 g/mol. The van der Waals surface area contributed by atoms with Crippen molar-refractivity contribution in [3.63, 3.8) is 0 Å². The molecule has 2 amide bonds. The predicted octanol–water partition coefficient (Wildman–Crippen LogP) is 0.546. The molecule has 0 bridgehead atoms. The van der Waals surface area contributed by atoms with Gasteiger partial charge in [-0.1, -0.05) is 0 Å². The number of anilines is 2. The molecule has 6 nitrogen and oxygen atoms in total. The summed E-state index contributed by atoms with van der Waals surface area (Å²) < 4.78 is 0. The van der Waals surface area contributed by atoms with Gasteiger partial charge in [0.2, 0.25) is 0 Å².